The molecule has 1 heterocycles. The van der Waals surface area contributed by atoms with E-state index >= 15 is 0 Å². The largest absolute Gasteiger partial charge is 0.493 e. The summed E-state index contributed by atoms with van der Waals surface area (Å²) >= 11 is 0. The van der Waals surface area contributed by atoms with Crippen LogP contribution in [0.15, 0.2) is 18.2 Å². The number of ether oxygens (including phenoxy) is 2. The average Bonchev–Trinajstić information content (AvgIpc) is 2.61. The summed E-state index contributed by atoms with van der Waals surface area (Å²) in [5, 5.41) is 9.71. The lowest BCUT2D eigenvalue weighted by molar-refractivity contribution is -0.374. The molecule has 3 rings (SSSR count). The SMILES string of the molecule is COc1ccc(-c2c(C#N)c(N)[nH+]c3c2CCCCCC3)cc1OC. The van der Waals surface area contributed by atoms with E-state index in [-0.39, 0.29) is 0 Å². The minimum Gasteiger partial charge on any atom is -0.493 e. The molecular weight excluding hydrogens is 314 g/mol. The third kappa shape index (κ3) is 3.25. The second-order valence-electron chi connectivity index (χ2n) is 6.34. The number of nitrogens with two attached hydrogens (primary N) is 1. The van der Waals surface area contributed by atoms with Gasteiger partial charge in [0.2, 0.25) is 0 Å². The Labute approximate surface area is 148 Å². The van der Waals surface area contributed by atoms with Gasteiger partial charge in [0.1, 0.15) is 17.3 Å². The molecule has 0 amide bonds. The van der Waals surface area contributed by atoms with Gasteiger partial charge in [-0.3, -0.25) is 5.73 Å². The lowest BCUT2D eigenvalue weighted by Crippen LogP contribution is -2.23. The number of methoxy groups -OCH3 is 2. The van der Waals surface area contributed by atoms with Crippen molar-refractivity contribution in [3.8, 4) is 28.7 Å². The van der Waals surface area contributed by atoms with E-state index < -0.39 is 0 Å². The molecule has 0 saturated heterocycles. The Morgan fingerprint density at radius 2 is 1.76 bits per heavy atom. The molecule has 1 aliphatic rings. The zero-order valence-electron chi connectivity index (χ0n) is 14.8. The average molecular weight is 338 g/mol. The molecule has 5 nitrogen and oxygen atoms in total. The number of benzene rings is 1. The van der Waals surface area contributed by atoms with Gasteiger partial charge in [0.25, 0.3) is 5.82 Å². The van der Waals surface area contributed by atoms with Crippen molar-refractivity contribution in [3.63, 3.8) is 0 Å². The van der Waals surface area contributed by atoms with Crippen LogP contribution in [0.5, 0.6) is 11.5 Å². The van der Waals surface area contributed by atoms with Crippen LogP contribution >= 0.6 is 0 Å². The molecule has 1 aliphatic carbocycles. The maximum atomic E-state index is 9.71. The molecule has 0 fully saturated rings. The highest BCUT2D eigenvalue weighted by atomic mass is 16.5. The van der Waals surface area contributed by atoms with E-state index in [4.69, 9.17) is 15.2 Å². The molecule has 2 aromatic rings. The maximum Gasteiger partial charge on any atom is 0.289 e. The van der Waals surface area contributed by atoms with Crippen LogP contribution in [0, 0.1) is 11.3 Å². The van der Waals surface area contributed by atoms with E-state index in [1.54, 1.807) is 14.2 Å². The first-order valence-electron chi connectivity index (χ1n) is 8.68. The normalized spacial score (nSPS) is 14.0. The summed E-state index contributed by atoms with van der Waals surface area (Å²) in [6, 6.07) is 8.05. The third-order valence-electron chi connectivity index (χ3n) is 4.86. The van der Waals surface area contributed by atoms with Crippen molar-refractivity contribution in [2.24, 2.45) is 0 Å². The summed E-state index contributed by atoms with van der Waals surface area (Å²) < 4.78 is 10.8. The number of nitrogens with one attached hydrogen (secondary N) is 1. The lowest BCUT2D eigenvalue weighted by Gasteiger charge is -2.18. The molecule has 130 valence electrons. The number of hydrogen-bond donors (Lipinski definition) is 1. The van der Waals surface area contributed by atoms with E-state index in [2.05, 4.69) is 11.1 Å². The molecule has 0 saturated carbocycles. The first-order valence-corrected chi connectivity index (χ1v) is 8.68. The van der Waals surface area contributed by atoms with Gasteiger partial charge in [0.15, 0.2) is 11.5 Å². The van der Waals surface area contributed by atoms with Gasteiger partial charge in [-0.1, -0.05) is 18.9 Å². The van der Waals surface area contributed by atoms with E-state index in [9.17, 15) is 5.26 Å². The van der Waals surface area contributed by atoms with E-state index in [1.165, 1.54) is 18.4 Å². The van der Waals surface area contributed by atoms with Crippen LogP contribution in [-0.2, 0) is 12.8 Å². The van der Waals surface area contributed by atoms with E-state index in [1.807, 2.05) is 18.2 Å². The van der Waals surface area contributed by atoms with Crippen molar-refractivity contribution in [2.75, 3.05) is 20.0 Å². The van der Waals surface area contributed by atoms with Crippen LogP contribution in [0.25, 0.3) is 11.1 Å². The monoisotopic (exact) mass is 338 g/mol. The lowest BCUT2D eigenvalue weighted by atomic mass is 9.88. The summed E-state index contributed by atoms with van der Waals surface area (Å²) in [5.74, 6) is 1.75. The number of nitrogens with zero attached hydrogens (tertiary/aromatic N) is 1. The number of anilines is 1. The third-order valence-corrected chi connectivity index (χ3v) is 4.86. The molecule has 5 heteroatoms. The van der Waals surface area contributed by atoms with Crippen LogP contribution in [-0.4, -0.2) is 14.2 Å². The van der Waals surface area contributed by atoms with Crippen LogP contribution in [0.1, 0.15) is 42.5 Å². The van der Waals surface area contributed by atoms with Crippen molar-refractivity contribution >= 4 is 5.82 Å². The number of nitriles is 1. The first kappa shape index (κ1) is 17.1. The van der Waals surface area contributed by atoms with Gasteiger partial charge in [0, 0.05) is 17.5 Å². The van der Waals surface area contributed by atoms with Crippen LogP contribution < -0.4 is 20.2 Å². The van der Waals surface area contributed by atoms with Crippen LogP contribution in [0.4, 0.5) is 5.82 Å². The number of H-pyrrole nitrogens is 1. The molecule has 3 N–H and O–H groups in total. The molecule has 0 aliphatic heterocycles. The minimum atomic E-state index is 0.437. The topological polar surface area (TPSA) is 82.4 Å². The summed E-state index contributed by atoms with van der Waals surface area (Å²) in [6.07, 6.45) is 6.63. The van der Waals surface area contributed by atoms with Gasteiger partial charge in [-0.15, -0.1) is 0 Å². The Balaban J connectivity index is 2.25. The molecule has 0 spiro atoms. The van der Waals surface area contributed by atoms with Crippen molar-refractivity contribution in [1.82, 2.24) is 0 Å². The maximum absolute atomic E-state index is 9.71. The number of nitrogen functional groups attached to an aromatic ring is 1. The van der Waals surface area contributed by atoms with Crippen LogP contribution in [0.3, 0.4) is 0 Å². The Morgan fingerprint density at radius 3 is 2.44 bits per heavy atom. The number of pyridine rings is 1. The summed E-state index contributed by atoms with van der Waals surface area (Å²) in [5.41, 5.74) is 10.9. The van der Waals surface area contributed by atoms with Gasteiger partial charge >= 0.3 is 0 Å². The minimum absolute atomic E-state index is 0.437. The second kappa shape index (κ2) is 7.43. The molecular formula is C20H24N3O2+. The van der Waals surface area contributed by atoms with Crippen molar-refractivity contribution in [1.29, 1.82) is 5.26 Å². The number of aryl methyl sites for hydroxylation is 1. The van der Waals surface area contributed by atoms with E-state index in [0.717, 1.165) is 42.5 Å². The molecule has 1 aromatic heterocycles. The summed E-state index contributed by atoms with van der Waals surface area (Å²) in [6.45, 7) is 0. The first-order chi connectivity index (χ1) is 12.2. The van der Waals surface area contributed by atoms with Crippen molar-refractivity contribution < 1.29 is 14.5 Å². The number of aromatic nitrogens is 1. The fourth-order valence-electron chi connectivity index (χ4n) is 3.61. The predicted octanol–water partition coefficient (Wildman–Crippen LogP) is 3.30. The van der Waals surface area contributed by atoms with Gasteiger partial charge in [-0.25, -0.2) is 4.98 Å². The Kier molecular flexibility index (Phi) is 5.08. The molecule has 0 unspecified atom stereocenters. The number of rotatable bonds is 3. The van der Waals surface area contributed by atoms with Gasteiger partial charge in [0.05, 0.1) is 14.2 Å². The molecule has 0 bridgehead atoms. The van der Waals surface area contributed by atoms with Gasteiger partial charge in [-0.05, 0) is 37.0 Å². The quantitative estimate of drug-likeness (QED) is 0.931. The zero-order chi connectivity index (χ0) is 17.8. The predicted molar refractivity (Wildman–Crippen MR) is 96.5 cm³/mol. The number of hydrogen-bond acceptors (Lipinski definition) is 4. The van der Waals surface area contributed by atoms with Crippen molar-refractivity contribution in [3.05, 3.63) is 35.0 Å². The molecule has 25 heavy (non-hydrogen) atoms. The molecule has 0 atom stereocenters. The van der Waals surface area contributed by atoms with Gasteiger partial charge in [-0.2, -0.15) is 5.26 Å². The fraction of sp³-hybridized carbons (Fsp3) is 0.400. The van der Waals surface area contributed by atoms with Gasteiger partial charge < -0.3 is 9.47 Å². The standard InChI is InChI=1S/C20H23N3O2/c1-24-17-10-9-13(11-18(17)25-2)19-14-7-5-3-4-6-8-16(14)23-20(22)15(19)12-21/h9-11H,3-8H2,1-2H3,(H2,22,23)/p+1. The Hall–Kier alpha value is -2.74. The highest BCUT2D eigenvalue weighted by Gasteiger charge is 2.24. The van der Waals surface area contributed by atoms with Crippen LogP contribution in [0.2, 0.25) is 0 Å². The smallest absolute Gasteiger partial charge is 0.289 e. The summed E-state index contributed by atoms with van der Waals surface area (Å²) in [7, 11) is 3.23. The molecule has 1 aromatic carbocycles. The highest BCUT2D eigenvalue weighted by molar-refractivity contribution is 5.79. The second-order valence-corrected chi connectivity index (χ2v) is 6.34. The highest BCUT2D eigenvalue weighted by Crippen LogP contribution is 2.38. The Bertz CT molecular complexity index is 825. The summed E-state index contributed by atoms with van der Waals surface area (Å²) in [4.78, 5) is 3.28. The number of fused-ring (bicyclic) bond motifs is 1. The molecule has 0 radical (unpaired) electrons. The fourth-order valence-corrected chi connectivity index (χ4v) is 3.61. The number of aromatic amines is 1. The van der Waals surface area contributed by atoms with Crippen molar-refractivity contribution in [2.45, 2.75) is 38.5 Å². The zero-order valence-corrected chi connectivity index (χ0v) is 14.8. The van der Waals surface area contributed by atoms with E-state index in [0.29, 0.717) is 22.9 Å². The Morgan fingerprint density at radius 1 is 1.04 bits per heavy atom.